The number of amides is 1. The van der Waals surface area contributed by atoms with Gasteiger partial charge in [0.05, 0.1) is 0 Å². The normalized spacial score (nSPS) is 15.9. The summed E-state index contributed by atoms with van der Waals surface area (Å²) in [6, 6.07) is 10.2. The minimum atomic E-state index is -0.549. The molecule has 0 saturated heterocycles. The van der Waals surface area contributed by atoms with Crippen molar-refractivity contribution in [2.24, 2.45) is 5.73 Å². The molecule has 0 aliphatic heterocycles. The lowest BCUT2D eigenvalue weighted by Gasteiger charge is -2.43. The van der Waals surface area contributed by atoms with Crippen LogP contribution in [0.3, 0.4) is 0 Å². The van der Waals surface area contributed by atoms with Gasteiger partial charge in [-0.1, -0.05) is 18.6 Å². The predicted octanol–water partition coefficient (Wildman–Crippen LogP) is 2.85. The number of aromatic nitrogens is 1. The largest absolute Gasteiger partial charge is 0.384 e. The van der Waals surface area contributed by atoms with Crippen molar-refractivity contribution >= 4 is 11.6 Å². The van der Waals surface area contributed by atoms with Gasteiger partial charge in [0.25, 0.3) is 5.91 Å². The zero-order valence-corrected chi connectivity index (χ0v) is 12.2. The Hall–Kier alpha value is -2.43. The molecule has 1 aromatic heterocycles. The average molecular weight is 299 g/mol. The molecule has 5 heteroatoms. The summed E-state index contributed by atoms with van der Waals surface area (Å²) in [5, 5.41) is 3.33. The molecule has 1 amide bonds. The highest BCUT2D eigenvalue weighted by Crippen LogP contribution is 2.43. The van der Waals surface area contributed by atoms with Crippen LogP contribution in [0.1, 0.15) is 35.3 Å². The van der Waals surface area contributed by atoms with Gasteiger partial charge in [0, 0.05) is 23.8 Å². The van der Waals surface area contributed by atoms with E-state index in [0.717, 1.165) is 30.5 Å². The van der Waals surface area contributed by atoms with E-state index in [2.05, 4.69) is 10.3 Å². The lowest BCUT2D eigenvalue weighted by Crippen LogP contribution is -2.41. The van der Waals surface area contributed by atoms with Crippen LogP contribution in [0.2, 0.25) is 0 Å². The first kappa shape index (κ1) is 14.5. The van der Waals surface area contributed by atoms with E-state index in [4.69, 9.17) is 5.73 Å². The van der Waals surface area contributed by atoms with E-state index in [0.29, 0.717) is 6.54 Å². The minimum absolute atomic E-state index is 0.0434. The van der Waals surface area contributed by atoms with Crippen LogP contribution >= 0.6 is 0 Å². The first-order valence-electron chi connectivity index (χ1n) is 7.35. The molecule has 1 aliphatic rings. The van der Waals surface area contributed by atoms with Gasteiger partial charge in [0.15, 0.2) is 0 Å². The van der Waals surface area contributed by atoms with Crippen LogP contribution in [0.5, 0.6) is 0 Å². The summed E-state index contributed by atoms with van der Waals surface area (Å²) < 4.78 is 13.5. The van der Waals surface area contributed by atoms with Gasteiger partial charge in [-0.15, -0.1) is 0 Å². The van der Waals surface area contributed by atoms with Crippen molar-refractivity contribution < 1.29 is 9.18 Å². The number of rotatable bonds is 5. The van der Waals surface area contributed by atoms with Crippen molar-refractivity contribution in [1.82, 2.24) is 4.98 Å². The van der Waals surface area contributed by atoms with Crippen LogP contribution in [0.4, 0.5) is 10.1 Å². The highest BCUT2D eigenvalue weighted by molar-refractivity contribution is 5.91. The summed E-state index contributed by atoms with van der Waals surface area (Å²) in [6.07, 6.45) is 4.74. The molecule has 0 atom stereocenters. The maximum Gasteiger partial charge on any atom is 0.267 e. The number of primary amides is 1. The van der Waals surface area contributed by atoms with Crippen molar-refractivity contribution in [3.8, 4) is 0 Å². The summed E-state index contributed by atoms with van der Waals surface area (Å²) in [6.45, 7) is 0.693. The van der Waals surface area contributed by atoms with Gasteiger partial charge in [0.1, 0.15) is 11.5 Å². The molecule has 22 heavy (non-hydrogen) atoms. The van der Waals surface area contributed by atoms with Gasteiger partial charge in [-0.2, -0.15) is 0 Å². The fourth-order valence-electron chi connectivity index (χ4n) is 2.94. The van der Waals surface area contributed by atoms with Gasteiger partial charge in [-0.25, -0.2) is 4.39 Å². The summed E-state index contributed by atoms with van der Waals surface area (Å²) in [5.74, 6) is -0.754. The average Bonchev–Trinajstić information content (AvgIpc) is 2.46. The molecule has 0 unspecified atom stereocenters. The molecule has 3 rings (SSSR count). The molecular weight excluding hydrogens is 281 g/mol. The quantitative estimate of drug-likeness (QED) is 0.892. The summed E-state index contributed by atoms with van der Waals surface area (Å²) in [5.41, 5.74) is 7.25. The summed E-state index contributed by atoms with van der Waals surface area (Å²) in [4.78, 5) is 15.1. The molecule has 1 heterocycles. The second kappa shape index (κ2) is 5.75. The van der Waals surface area contributed by atoms with Crippen LogP contribution < -0.4 is 11.1 Å². The molecule has 4 nitrogen and oxygen atoms in total. The zero-order valence-electron chi connectivity index (χ0n) is 12.2. The van der Waals surface area contributed by atoms with Gasteiger partial charge >= 0.3 is 0 Å². The van der Waals surface area contributed by atoms with Crippen molar-refractivity contribution in [3.05, 3.63) is 59.7 Å². The SMILES string of the molecule is NC(=O)c1cc(NCC2(c3cccc(F)c3)CCC2)ccn1. The lowest BCUT2D eigenvalue weighted by molar-refractivity contribution is 0.0995. The van der Waals surface area contributed by atoms with Crippen molar-refractivity contribution in [2.45, 2.75) is 24.7 Å². The highest BCUT2D eigenvalue weighted by Gasteiger charge is 2.38. The number of anilines is 1. The number of benzene rings is 1. The Morgan fingerprint density at radius 1 is 1.32 bits per heavy atom. The van der Waals surface area contributed by atoms with Gasteiger partial charge in [-0.05, 0) is 42.7 Å². The fraction of sp³-hybridized carbons (Fsp3) is 0.294. The summed E-state index contributed by atoms with van der Waals surface area (Å²) in [7, 11) is 0. The molecule has 3 N–H and O–H groups in total. The topological polar surface area (TPSA) is 68.0 Å². The molecule has 0 bridgehead atoms. The van der Waals surface area contributed by atoms with Crippen molar-refractivity contribution in [3.63, 3.8) is 0 Å². The Morgan fingerprint density at radius 3 is 2.77 bits per heavy atom. The Labute approximate surface area is 128 Å². The van der Waals surface area contributed by atoms with Crippen LogP contribution in [0.15, 0.2) is 42.6 Å². The number of nitrogens with zero attached hydrogens (tertiary/aromatic N) is 1. The Morgan fingerprint density at radius 2 is 2.14 bits per heavy atom. The van der Waals surface area contributed by atoms with E-state index < -0.39 is 5.91 Å². The van der Waals surface area contributed by atoms with Gasteiger partial charge in [-0.3, -0.25) is 9.78 Å². The Kier molecular flexibility index (Phi) is 3.79. The monoisotopic (exact) mass is 299 g/mol. The number of hydrogen-bond acceptors (Lipinski definition) is 3. The number of nitrogens with two attached hydrogens (primary N) is 1. The van der Waals surface area contributed by atoms with E-state index >= 15 is 0 Å². The van der Waals surface area contributed by atoms with Gasteiger partial charge < -0.3 is 11.1 Å². The van der Waals surface area contributed by atoms with Crippen LogP contribution in [0.25, 0.3) is 0 Å². The second-order valence-electron chi connectivity index (χ2n) is 5.79. The van der Waals surface area contributed by atoms with Crippen LogP contribution in [-0.2, 0) is 5.41 Å². The molecule has 0 radical (unpaired) electrons. The number of nitrogens with one attached hydrogen (secondary N) is 1. The molecule has 1 saturated carbocycles. The van der Waals surface area contributed by atoms with E-state index in [-0.39, 0.29) is 16.9 Å². The number of hydrogen-bond donors (Lipinski definition) is 2. The first-order valence-corrected chi connectivity index (χ1v) is 7.35. The molecule has 2 aromatic rings. The maximum absolute atomic E-state index is 13.5. The van der Waals surface area contributed by atoms with E-state index in [1.54, 1.807) is 30.5 Å². The number of pyridine rings is 1. The molecule has 0 spiro atoms. The Balaban J connectivity index is 1.77. The third kappa shape index (κ3) is 2.79. The zero-order chi connectivity index (χ0) is 15.6. The lowest BCUT2D eigenvalue weighted by atomic mass is 9.64. The van der Waals surface area contributed by atoms with E-state index in [1.165, 1.54) is 6.07 Å². The third-order valence-corrected chi connectivity index (χ3v) is 4.39. The smallest absolute Gasteiger partial charge is 0.267 e. The Bertz CT molecular complexity index is 698. The molecular formula is C17H18FN3O. The summed E-state index contributed by atoms with van der Waals surface area (Å²) >= 11 is 0. The first-order chi connectivity index (χ1) is 10.6. The van der Waals surface area contributed by atoms with Gasteiger partial charge in [0.2, 0.25) is 0 Å². The predicted molar refractivity (Wildman–Crippen MR) is 83.2 cm³/mol. The maximum atomic E-state index is 13.5. The fourth-order valence-corrected chi connectivity index (χ4v) is 2.94. The van der Waals surface area contributed by atoms with Crippen molar-refractivity contribution in [2.75, 3.05) is 11.9 Å². The molecule has 114 valence electrons. The highest BCUT2D eigenvalue weighted by atomic mass is 19.1. The third-order valence-electron chi connectivity index (χ3n) is 4.39. The molecule has 1 aliphatic carbocycles. The minimum Gasteiger partial charge on any atom is -0.384 e. The van der Waals surface area contributed by atoms with E-state index in [1.807, 2.05) is 6.07 Å². The van der Waals surface area contributed by atoms with Crippen molar-refractivity contribution in [1.29, 1.82) is 0 Å². The molecule has 1 aromatic carbocycles. The van der Waals surface area contributed by atoms with Crippen LogP contribution in [-0.4, -0.2) is 17.4 Å². The van der Waals surface area contributed by atoms with E-state index in [9.17, 15) is 9.18 Å². The number of carbonyl (C=O) groups is 1. The molecule has 1 fully saturated rings. The second-order valence-corrected chi connectivity index (χ2v) is 5.79. The van der Waals surface area contributed by atoms with Crippen LogP contribution in [0, 0.1) is 5.82 Å². The standard InChI is InChI=1S/C17H18FN3O/c18-13-4-1-3-12(9-13)17(6-2-7-17)11-21-14-5-8-20-15(10-14)16(19)22/h1,3-5,8-10H,2,6-7,11H2,(H2,19,22)(H,20,21). The number of halogens is 1. The number of carbonyl (C=O) groups excluding carboxylic acids is 1.